The molecule has 1 aromatic heterocycles. The molecule has 0 radical (unpaired) electrons. The molecular weight excluding hydrogens is 176 g/mol. The summed E-state index contributed by atoms with van der Waals surface area (Å²) >= 11 is 5.71. The molecule has 0 N–H and O–H groups in total. The highest BCUT2D eigenvalue weighted by molar-refractivity contribution is 6.30. The molecule has 0 bridgehead atoms. The minimum atomic E-state index is 0.189. The summed E-state index contributed by atoms with van der Waals surface area (Å²) in [5.41, 5.74) is 0.703. The van der Waals surface area contributed by atoms with Gasteiger partial charge in [-0.15, -0.1) is 6.42 Å². The van der Waals surface area contributed by atoms with Gasteiger partial charge in [-0.25, -0.2) is 9.97 Å². The van der Waals surface area contributed by atoms with Crippen LogP contribution in [-0.4, -0.2) is 16.6 Å². The van der Waals surface area contributed by atoms with Crippen LogP contribution in [0.15, 0.2) is 6.33 Å². The Kier molecular flexibility index (Phi) is 2.89. The van der Waals surface area contributed by atoms with E-state index in [-0.39, 0.29) is 6.61 Å². The van der Waals surface area contributed by atoms with Gasteiger partial charge < -0.3 is 4.74 Å². The normalized spacial score (nSPS) is 9.08. The molecule has 4 heteroatoms. The van der Waals surface area contributed by atoms with E-state index in [9.17, 15) is 0 Å². The zero-order chi connectivity index (χ0) is 8.97. The van der Waals surface area contributed by atoms with Crippen molar-refractivity contribution in [2.75, 3.05) is 6.61 Å². The predicted molar refractivity (Wildman–Crippen MR) is 46.1 cm³/mol. The summed E-state index contributed by atoms with van der Waals surface area (Å²) in [6.07, 6.45) is 6.35. The largest absolute Gasteiger partial charge is 0.464 e. The SMILES string of the molecule is C#CCOc1ncnc(Cl)c1C. The number of ether oxygens (including phenoxy) is 1. The Labute approximate surface area is 75.7 Å². The van der Waals surface area contributed by atoms with Gasteiger partial charge in [0.05, 0.1) is 0 Å². The smallest absolute Gasteiger partial charge is 0.221 e. The first-order valence-corrected chi connectivity index (χ1v) is 3.67. The molecular formula is C8H7ClN2O. The Morgan fingerprint density at radius 1 is 1.67 bits per heavy atom. The third kappa shape index (κ3) is 1.86. The van der Waals surface area contributed by atoms with Crippen LogP contribution >= 0.6 is 11.6 Å². The number of terminal acetylenes is 1. The molecule has 0 amide bonds. The third-order valence-corrected chi connectivity index (χ3v) is 1.65. The van der Waals surface area contributed by atoms with Crippen LogP contribution in [0.5, 0.6) is 5.88 Å². The number of nitrogens with zero attached hydrogens (tertiary/aromatic N) is 2. The zero-order valence-corrected chi connectivity index (χ0v) is 7.30. The standard InChI is InChI=1S/C8H7ClN2O/c1-3-4-12-8-6(2)7(9)10-5-11-8/h1,5H,4H2,2H3. The van der Waals surface area contributed by atoms with E-state index in [2.05, 4.69) is 15.9 Å². The quantitative estimate of drug-likeness (QED) is 0.513. The molecule has 0 aliphatic heterocycles. The third-order valence-electron chi connectivity index (χ3n) is 1.27. The van der Waals surface area contributed by atoms with Gasteiger partial charge in [0.1, 0.15) is 11.5 Å². The molecule has 3 nitrogen and oxygen atoms in total. The van der Waals surface area contributed by atoms with Crippen molar-refractivity contribution in [2.45, 2.75) is 6.92 Å². The number of hydrogen-bond donors (Lipinski definition) is 0. The van der Waals surface area contributed by atoms with Gasteiger partial charge in [0.15, 0.2) is 6.61 Å². The summed E-state index contributed by atoms with van der Waals surface area (Å²) < 4.78 is 5.10. The number of aromatic nitrogens is 2. The average Bonchev–Trinajstić information content (AvgIpc) is 2.08. The number of rotatable bonds is 2. The second-order valence-corrected chi connectivity index (χ2v) is 2.45. The Morgan fingerprint density at radius 2 is 2.42 bits per heavy atom. The Morgan fingerprint density at radius 3 is 3.08 bits per heavy atom. The first kappa shape index (κ1) is 8.82. The molecule has 0 saturated heterocycles. The maximum atomic E-state index is 5.71. The van der Waals surface area contributed by atoms with Crippen LogP contribution in [0.4, 0.5) is 0 Å². The fourth-order valence-corrected chi connectivity index (χ4v) is 0.794. The summed E-state index contributed by atoms with van der Waals surface area (Å²) in [6.45, 7) is 1.96. The van der Waals surface area contributed by atoms with Crippen molar-refractivity contribution in [1.82, 2.24) is 9.97 Å². The van der Waals surface area contributed by atoms with Crippen LogP contribution in [-0.2, 0) is 0 Å². The molecule has 62 valence electrons. The van der Waals surface area contributed by atoms with E-state index in [1.165, 1.54) is 6.33 Å². The van der Waals surface area contributed by atoms with Gasteiger partial charge in [0.2, 0.25) is 5.88 Å². The average molecular weight is 183 g/mol. The van der Waals surface area contributed by atoms with E-state index in [1.807, 2.05) is 0 Å². The lowest BCUT2D eigenvalue weighted by molar-refractivity contribution is 0.352. The second kappa shape index (κ2) is 3.93. The topological polar surface area (TPSA) is 35.0 Å². The molecule has 0 atom stereocenters. The van der Waals surface area contributed by atoms with E-state index >= 15 is 0 Å². The van der Waals surface area contributed by atoms with Crippen molar-refractivity contribution < 1.29 is 4.74 Å². The maximum absolute atomic E-state index is 5.71. The van der Waals surface area contributed by atoms with E-state index in [0.29, 0.717) is 16.6 Å². The highest BCUT2D eigenvalue weighted by Gasteiger charge is 2.04. The number of halogens is 1. The van der Waals surface area contributed by atoms with E-state index in [0.717, 1.165) is 0 Å². The van der Waals surface area contributed by atoms with Crippen molar-refractivity contribution in [2.24, 2.45) is 0 Å². The molecule has 0 aliphatic rings. The summed E-state index contributed by atoms with van der Waals surface area (Å²) in [7, 11) is 0. The maximum Gasteiger partial charge on any atom is 0.221 e. The van der Waals surface area contributed by atoms with Gasteiger partial charge in [-0.3, -0.25) is 0 Å². The highest BCUT2D eigenvalue weighted by atomic mass is 35.5. The van der Waals surface area contributed by atoms with Gasteiger partial charge in [0.25, 0.3) is 0 Å². The van der Waals surface area contributed by atoms with Crippen molar-refractivity contribution in [3.05, 3.63) is 17.0 Å². The van der Waals surface area contributed by atoms with Crippen LogP contribution in [0.3, 0.4) is 0 Å². The molecule has 0 unspecified atom stereocenters. The van der Waals surface area contributed by atoms with Crippen molar-refractivity contribution in [1.29, 1.82) is 0 Å². The molecule has 1 heterocycles. The van der Waals surface area contributed by atoms with Gasteiger partial charge in [0, 0.05) is 5.56 Å². The summed E-state index contributed by atoms with van der Waals surface area (Å²) in [5, 5.41) is 0.386. The van der Waals surface area contributed by atoms with Crippen LogP contribution < -0.4 is 4.74 Å². The summed E-state index contributed by atoms with van der Waals surface area (Å²) in [6, 6.07) is 0. The minimum absolute atomic E-state index is 0.189. The van der Waals surface area contributed by atoms with Crippen molar-refractivity contribution >= 4 is 11.6 Å². The summed E-state index contributed by atoms with van der Waals surface area (Å²) in [4.78, 5) is 7.63. The molecule has 0 saturated carbocycles. The number of hydrogen-bond acceptors (Lipinski definition) is 3. The van der Waals surface area contributed by atoms with E-state index < -0.39 is 0 Å². The predicted octanol–water partition coefficient (Wildman–Crippen LogP) is 1.45. The summed E-state index contributed by atoms with van der Waals surface area (Å²) in [5.74, 6) is 2.78. The van der Waals surface area contributed by atoms with E-state index in [1.54, 1.807) is 6.92 Å². The molecule has 12 heavy (non-hydrogen) atoms. The Bertz CT molecular complexity index is 319. The van der Waals surface area contributed by atoms with Crippen LogP contribution in [0.25, 0.3) is 0 Å². The Hall–Kier alpha value is -1.27. The first-order chi connectivity index (χ1) is 5.75. The lowest BCUT2D eigenvalue weighted by atomic mass is 10.4. The lowest BCUT2D eigenvalue weighted by Crippen LogP contribution is -1.99. The zero-order valence-electron chi connectivity index (χ0n) is 6.54. The monoisotopic (exact) mass is 182 g/mol. The van der Waals surface area contributed by atoms with Crippen molar-refractivity contribution in [3.8, 4) is 18.2 Å². The lowest BCUT2D eigenvalue weighted by Gasteiger charge is -2.03. The molecule has 0 aliphatic carbocycles. The minimum Gasteiger partial charge on any atom is -0.464 e. The van der Waals surface area contributed by atoms with Crippen molar-refractivity contribution in [3.63, 3.8) is 0 Å². The molecule has 0 fully saturated rings. The van der Waals surface area contributed by atoms with Gasteiger partial charge >= 0.3 is 0 Å². The van der Waals surface area contributed by atoms with E-state index in [4.69, 9.17) is 22.8 Å². The first-order valence-electron chi connectivity index (χ1n) is 3.29. The van der Waals surface area contributed by atoms with Crippen LogP contribution in [0.1, 0.15) is 5.56 Å². The Balaban J connectivity index is 2.86. The molecule has 0 spiro atoms. The molecule has 0 aromatic carbocycles. The van der Waals surface area contributed by atoms with Crippen LogP contribution in [0, 0.1) is 19.3 Å². The highest BCUT2D eigenvalue weighted by Crippen LogP contribution is 2.19. The van der Waals surface area contributed by atoms with Gasteiger partial charge in [-0.1, -0.05) is 17.5 Å². The fraction of sp³-hybridized carbons (Fsp3) is 0.250. The fourth-order valence-electron chi connectivity index (χ4n) is 0.669. The van der Waals surface area contributed by atoms with Gasteiger partial charge in [-0.2, -0.15) is 0 Å². The van der Waals surface area contributed by atoms with Crippen LogP contribution in [0.2, 0.25) is 5.15 Å². The second-order valence-electron chi connectivity index (χ2n) is 2.09. The molecule has 1 aromatic rings. The molecule has 1 rings (SSSR count). The van der Waals surface area contributed by atoms with Gasteiger partial charge in [-0.05, 0) is 6.92 Å².